The monoisotopic (exact) mass is 313 g/mol. The van der Waals surface area contributed by atoms with Crippen LogP contribution in [0.25, 0.3) is 0 Å². The number of amides is 1. The normalized spacial score (nSPS) is 15.4. The average Bonchev–Trinajstić information content (AvgIpc) is 2.59. The van der Waals surface area contributed by atoms with E-state index in [2.05, 4.69) is 10.3 Å². The van der Waals surface area contributed by atoms with E-state index in [0.29, 0.717) is 5.69 Å². The molecular formula is C18H20FN3O. The highest BCUT2D eigenvalue weighted by Crippen LogP contribution is 2.27. The summed E-state index contributed by atoms with van der Waals surface area (Å²) in [5.41, 5.74) is 1.93. The first kappa shape index (κ1) is 15.6. The van der Waals surface area contributed by atoms with Crippen molar-refractivity contribution in [2.24, 2.45) is 0 Å². The number of nitrogens with one attached hydrogen (secondary N) is 1. The Morgan fingerprint density at radius 2 is 2.04 bits per heavy atom. The molecule has 0 saturated carbocycles. The summed E-state index contributed by atoms with van der Waals surface area (Å²) >= 11 is 0. The fourth-order valence-corrected chi connectivity index (χ4v) is 3.04. The second-order valence-electron chi connectivity index (χ2n) is 5.80. The molecule has 0 unspecified atom stereocenters. The molecule has 23 heavy (non-hydrogen) atoms. The lowest BCUT2D eigenvalue weighted by Crippen LogP contribution is -2.47. The van der Waals surface area contributed by atoms with Gasteiger partial charge in [0.15, 0.2) is 0 Å². The van der Waals surface area contributed by atoms with Gasteiger partial charge in [0.1, 0.15) is 11.5 Å². The molecule has 0 spiro atoms. The fourth-order valence-electron chi connectivity index (χ4n) is 3.04. The number of anilines is 1. The number of aromatic nitrogens is 1. The van der Waals surface area contributed by atoms with Crippen LogP contribution in [0.2, 0.25) is 0 Å². The number of aryl methyl sites for hydroxylation is 1. The minimum atomic E-state index is -0.290. The van der Waals surface area contributed by atoms with E-state index in [1.54, 1.807) is 35.4 Å². The predicted octanol–water partition coefficient (Wildman–Crippen LogP) is 2.93. The van der Waals surface area contributed by atoms with Gasteiger partial charge in [0.25, 0.3) is 5.91 Å². The van der Waals surface area contributed by atoms with Gasteiger partial charge in [-0.25, -0.2) is 4.39 Å². The molecule has 1 aromatic heterocycles. The maximum Gasteiger partial charge on any atom is 0.277 e. The highest BCUT2D eigenvalue weighted by Gasteiger charge is 2.29. The largest absolute Gasteiger partial charge is 0.317 e. The van der Waals surface area contributed by atoms with Gasteiger partial charge >= 0.3 is 0 Å². The van der Waals surface area contributed by atoms with Gasteiger partial charge in [-0.2, -0.15) is 0 Å². The van der Waals surface area contributed by atoms with Crippen molar-refractivity contribution in [3.05, 3.63) is 59.7 Å². The van der Waals surface area contributed by atoms with Gasteiger partial charge in [0.05, 0.1) is 0 Å². The van der Waals surface area contributed by atoms with Crippen molar-refractivity contribution in [2.45, 2.75) is 25.8 Å². The third-order valence-corrected chi connectivity index (χ3v) is 4.20. The molecule has 0 radical (unpaired) electrons. The lowest BCUT2D eigenvalue weighted by atomic mass is 10.0. The van der Waals surface area contributed by atoms with E-state index in [4.69, 9.17) is 0 Å². The molecule has 3 rings (SSSR count). The molecule has 1 amide bonds. The van der Waals surface area contributed by atoms with Gasteiger partial charge in [-0.1, -0.05) is 6.07 Å². The molecule has 120 valence electrons. The van der Waals surface area contributed by atoms with Crippen molar-refractivity contribution in [3.8, 4) is 0 Å². The van der Waals surface area contributed by atoms with E-state index in [9.17, 15) is 9.18 Å². The van der Waals surface area contributed by atoms with E-state index in [-0.39, 0.29) is 17.8 Å². The second-order valence-corrected chi connectivity index (χ2v) is 5.80. The third-order valence-electron chi connectivity index (χ3n) is 4.20. The minimum Gasteiger partial charge on any atom is -0.317 e. The van der Waals surface area contributed by atoms with Crippen molar-refractivity contribution in [3.63, 3.8) is 0 Å². The van der Waals surface area contributed by atoms with Crippen LogP contribution in [0.1, 0.15) is 28.9 Å². The Bertz CT molecular complexity index is 684. The molecule has 1 N–H and O–H groups in total. The van der Waals surface area contributed by atoms with Gasteiger partial charge < -0.3 is 10.2 Å². The first-order valence-electron chi connectivity index (χ1n) is 7.88. The number of carbonyl (C=O) groups is 1. The molecule has 0 bridgehead atoms. The molecule has 1 fully saturated rings. The summed E-state index contributed by atoms with van der Waals surface area (Å²) in [6.45, 7) is 3.58. The first-order chi connectivity index (χ1) is 11.2. The number of hydrogen-bond acceptors (Lipinski definition) is 3. The van der Waals surface area contributed by atoms with Crippen molar-refractivity contribution >= 4 is 11.6 Å². The van der Waals surface area contributed by atoms with Crippen molar-refractivity contribution in [1.29, 1.82) is 0 Å². The van der Waals surface area contributed by atoms with Crippen LogP contribution in [0, 0.1) is 12.7 Å². The molecule has 5 heteroatoms. The van der Waals surface area contributed by atoms with Gasteiger partial charge in [-0.15, -0.1) is 0 Å². The topological polar surface area (TPSA) is 45.2 Å². The summed E-state index contributed by atoms with van der Waals surface area (Å²) in [6, 6.07) is 9.96. The van der Waals surface area contributed by atoms with Crippen LogP contribution in [-0.2, 0) is 0 Å². The number of benzene rings is 1. The van der Waals surface area contributed by atoms with E-state index in [1.807, 2.05) is 6.92 Å². The minimum absolute atomic E-state index is 0.0925. The van der Waals surface area contributed by atoms with E-state index >= 15 is 0 Å². The van der Waals surface area contributed by atoms with E-state index in [0.717, 1.165) is 37.2 Å². The number of piperidine rings is 1. The Labute approximate surface area is 135 Å². The Hall–Kier alpha value is -2.27. The number of rotatable bonds is 3. The van der Waals surface area contributed by atoms with Crippen LogP contribution in [0.15, 0.2) is 42.6 Å². The van der Waals surface area contributed by atoms with E-state index < -0.39 is 0 Å². The smallest absolute Gasteiger partial charge is 0.277 e. The van der Waals surface area contributed by atoms with Crippen molar-refractivity contribution in [1.82, 2.24) is 10.3 Å². The Morgan fingerprint density at radius 1 is 1.26 bits per heavy atom. The molecule has 1 aromatic carbocycles. The van der Waals surface area contributed by atoms with Crippen molar-refractivity contribution < 1.29 is 9.18 Å². The molecule has 1 aliphatic rings. The lowest BCUT2D eigenvalue weighted by molar-refractivity contribution is 0.0966. The molecular weight excluding hydrogens is 293 g/mol. The Kier molecular flexibility index (Phi) is 4.67. The number of hydrogen-bond donors (Lipinski definition) is 1. The number of nitrogens with zero attached hydrogens (tertiary/aromatic N) is 2. The summed E-state index contributed by atoms with van der Waals surface area (Å²) < 4.78 is 13.5. The summed E-state index contributed by atoms with van der Waals surface area (Å²) in [4.78, 5) is 19.0. The van der Waals surface area contributed by atoms with Crippen LogP contribution in [-0.4, -0.2) is 30.0 Å². The summed E-state index contributed by atoms with van der Waals surface area (Å²) in [6.07, 6.45) is 3.36. The molecule has 2 aromatic rings. The highest BCUT2D eigenvalue weighted by atomic mass is 19.1. The molecule has 2 heterocycles. The summed E-state index contributed by atoms with van der Waals surface area (Å²) in [5, 5.41) is 3.31. The van der Waals surface area contributed by atoms with Crippen LogP contribution in [0.5, 0.6) is 0 Å². The molecule has 0 aliphatic carbocycles. The Balaban J connectivity index is 2.01. The maximum absolute atomic E-state index is 13.5. The summed E-state index contributed by atoms with van der Waals surface area (Å²) in [5.74, 6) is -0.422. The van der Waals surface area contributed by atoms with Crippen LogP contribution >= 0.6 is 0 Å². The van der Waals surface area contributed by atoms with Gasteiger partial charge in [0.2, 0.25) is 0 Å². The van der Waals surface area contributed by atoms with Crippen LogP contribution in [0.3, 0.4) is 0 Å². The van der Waals surface area contributed by atoms with E-state index in [1.165, 1.54) is 12.1 Å². The summed E-state index contributed by atoms with van der Waals surface area (Å²) in [7, 11) is 0. The zero-order valence-electron chi connectivity index (χ0n) is 13.1. The number of carbonyl (C=O) groups excluding carboxylic acids is 1. The zero-order chi connectivity index (χ0) is 16.2. The molecule has 4 nitrogen and oxygen atoms in total. The number of halogens is 1. The second kappa shape index (κ2) is 6.87. The average molecular weight is 313 g/mol. The van der Waals surface area contributed by atoms with Gasteiger partial charge in [-0.05, 0) is 68.8 Å². The quantitative estimate of drug-likeness (QED) is 0.947. The van der Waals surface area contributed by atoms with Gasteiger partial charge in [-0.3, -0.25) is 9.78 Å². The van der Waals surface area contributed by atoms with Crippen LogP contribution < -0.4 is 10.2 Å². The molecule has 0 atom stereocenters. The standard InChI is InChI=1S/C18H20FN3O/c1-13-12-14(19)5-6-17(13)22(15-7-10-20-11-8-15)18(23)16-4-2-3-9-21-16/h2-6,9,12,15,20H,7-8,10-11H2,1H3. The highest BCUT2D eigenvalue weighted by molar-refractivity contribution is 6.05. The number of pyridine rings is 1. The van der Waals surface area contributed by atoms with Crippen LogP contribution in [0.4, 0.5) is 10.1 Å². The van der Waals surface area contributed by atoms with Gasteiger partial charge in [0, 0.05) is 17.9 Å². The molecule has 1 aliphatic heterocycles. The lowest BCUT2D eigenvalue weighted by Gasteiger charge is -2.35. The zero-order valence-corrected chi connectivity index (χ0v) is 13.1. The Morgan fingerprint density at radius 3 is 2.70 bits per heavy atom. The first-order valence-corrected chi connectivity index (χ1v) is 7.88. The SMILES string of the molecule is Cc1cc(F)ccc1N(C(=O)c1ccccn1)C1CCNCC1. The molecule has 1 saturated heterocycles. The van der Waals surface area contributed by atoms with Crippen molar-refractivity contribution in [2.75, 3.05) is 18.0 Å². The maximum atomic E-state index is 13.5. The predicted molar refractivity (Wildman–Crippen MR) is 88.1 cm³/mol. The third kappa shape index (κ3) is 3.40. The fraction of sp³-hybridized carbons (Fsp3) is 0.333.